The molecule has 3 rings (SSSR count). The number of nitrogens with zero attached hydrogens (tertiary/aromatic N) is 2. The third-order valence-electron chi connectivity index (χ3n) is 4.55. The minimum Gasteiger partial charge on any atom is -0.354 e. The van der Waals surface area contributed by atoms with Gasteiger partial charge in [0.15, 0.2) is 5.13 Å². The van der Waals surface area contributed by atoms with Crippen molar-refractivity contribution in [1.82, 2.24) is 15.2 Å². The molecule has 2 N–H and O–H groups in total. The van der Waals surface area contributed by atoms with Crippen LogP contribution in [0.1, 0.15) is 41.9 Å². The number of hydrogen-bond acceptors (Lipinski definition) is 5. The molecular formula is C24H28N4O2S. The standard InChI is InChI=1S/C24H28N4O2S/c1-17(2)25-22(29)12-13-28(15-19-9-5-4-6-10-19)23(30)21-16-31-24(27-21)26-20-11-7-8-18(3)14-20/h4-11,14,16-17H,12-13,15H2,1-3H3,(H,25,29)(H,26,27). The van der Waals surface area contributed by atoms with E-state index in [-0.39, 0.29) is 24.3 Å². The number of benzene rings is 2. The molecule has 2 aromatic carbocycles. The van der Waals surface area contributed by atoms with E-state index in [1.807, 2.05) is 75.4 Å². The highest BCUT2D eigenvalue weighted by Gasteiger charge is 2.20. The number of anilines is 2. The van der Waals surface area contributed by atoms with E-state index in [0.717, 1.165) is 16.8 Å². The fourth-order valence-electron chi connectivity index (χ4n) is 3.12. The van der Waals surface area contributed by atoms with Crippen LogP contribution in [0.3, 0.4) is 0 Å². The molecule has 0 aliphatic rings. The van der Waals surface area contributed by atoms with Crippen LogP contribution >= 0.6 is 11.3 Å². The molecule has 0 fully saturated rings. The molecular weight excluding hydrogens is 408 g/mol. The maximum Gasteiger partial charge on any atom is 0.273 e. The summed E-state index contributed by atoms with van der Waals surface area (Å²) in [4.78, 5) is 31.5. The van der Waals surface area contributed by atoms with Crippen molar-refractivity contribution in [2.24, 2.45) is 0 Å². The minimum absolute atomic E-state index is 0.0686. The van der Waals surface area contributed by atoms with Gasteiger partial charge in [-0.05, 0) is 44.0 Å². The molecule has 0 unspecified atom stereocenters. The van der Waals surface area contributed by atoms with Gasteiger partial charge in [0.1, 0.15) is 5.69 Å². The second-order valence-corrected chi connectivity index (χ2v) is 8.58. The number of nitrogens with one attached hydrogen (secondary N) is 2. The summed E-state index contributed by atoms with van der Waals surface area (Å²) in [5.74, 6) is -0.254. The van der Waals surface area contributed by atoms with Gasteiger partial charge >= 0.3 is 0 Å². The summed E-state index contributed by atoms with van der Waals surface area (Å²) in [5, 5.41) is 8.54. The first-order valence-electron chi connectivity index (χ1n) is 10.3. The fraction of sp³-hybridized carbons (Fsp3) is 0.292. The molecule has 6 nitrogen and oxygen atoms in total. The zero-order chi connectivity index (χ0) is 22.2. The molecule has 0 aliphatic heterocycles. The lowest BCUT2D eigenvalue weighted by Crippen LogP contribution is -2.36. The smallest absolute Gasteiger partial charge is 0.273 e. The number of aryl methyl sites for hydroxylation is 1. The van der Waals surface area contributed by atoms with E-state index in [1.54, 1.807) is 10.3 Å². The molecule has 0 saturated carbocycles. The van der Waals surface area contributed by atoms with Crippen LogP contribution in [0.2, 0.25) is 0 Å². The van der Waals surface area contributed by atoms with Crippen LogP contribution in [-0.4, -0.2) is 34.3 Å². The Morgan fingerprint density at radius 2 is 1.87 bits per heavy atom. The summed E-state index contributed by atoms with van der Waals surface area (Å²) < 4.78 is 0. The van der Waals surface area contributed by atoms with Crippen molar-refractivity contribution in [2.45, 2.75) is 39.8 Å². The van der Waals surface area contributed by atoms with Gasteiger partial charge in [-0.3, -0.25) is 9.59 Å². The third-order valence-corrected chi connectivity index (χ3v) is 5.31. The average Bonchev–Trinajstić information content (AvgIpc) is 3.19. The van der Waals surface area contributed by atoms with Gasteiger partial charge in [-0.15, -0.1) is 11.3 Å². The van der Waals surface area contributed by atoms with Gasteiger partial charge in [0.2, 0.25) is 5.91 Å². The van der Waals surface area contributed by atoms with Gasteiger partial charge in [0, 0.05) is 36.6 Å². The van der Waals surface area contributed by atoms with E-state index >= 15 is 0 Å². The predicted octanol–water partition coefficient (Wildman–Crippen LogP) is 4.75. The highest BCUT2D eigenvalue weighted by molar-refractivity contribution is 7.14. The molecule has 0 atom stereocenters. The van der Waals surface area contributed by atoms with E-state index in [2.05, 4.69) is 15.6 Å². The van der Waals surface area contributed by atoms with Crippen molar-refractivity contribution in [1.29, 1.82) is 0 Å². The highest BCUT2D eigenvalue weighted by atomic mass is 32.1. The Bertz CT molecular complexity index is 1020. The van der Waals surface area contributed by atoms with Crippen molar-refractivity contribution in [2.75, 3.05) is 11.9 Å². The first kappa shape index (κ1) is 22.5. The monoisotopic (exact) mass is 436 g/mol. The zero-order valence-electron chi connectivity index (χ0n) is 18.1. The number of amides is 2. The third kappa shape index (κ3) is 6.93. The molecule has 0 spiro atoms. The van der Waals surface area contributed by atoms with Crippen LogP contribution in [-0.2, 0) is 11.3 Å². The molecule has 1 heterocycles. The topological polar surface area (TPSA) is 74.3 Å². The van der Waals surface area contributed by atoms with E-state index in [0.29, 0.717) is 23.9 Å². The predicted molar refractivity (Wildman–Crippen MR) is 126 cm³/mol. The van der Waals surface area contributed by atoms with Gasteiger partial charge in [0.25, 0.3) is 5.91 Å². The number of carbonyl (C=O) groups excluding carboxylic acids is 2. The van der Waals surface area contributed by atoms with Crippen molar-refractivity contribution < 1.29 is 9.59 Å². The summed E-state index contributed by atoms with van der Waals surface area (Å²) in [6, 6.07) is 17.8. The molecule has 162 valence electrons. The van der Waals surface area contributed by atoms with E-state index in [9.17, 15) is 9.59 Å². The molecule has 0 saturated heterocycles. The second-order valence-electron chi connectivity index (χ2n) is 7.72. The largest absolute Gasteiger partial charge is 0.354 e. The molecule has 0 radical (unpaired) electrons. The van der Waals surface area contributed by atoms with E-state index in [4.69, 9.17) is 0 Å². The van der Waals surface area contributed by atoms with Crippen LogP contribution in [0.5, 0.6) is 0 Å². The maximum atomic E-state index is 13.2. The van der Waals surface area contributed by atoms with Crippen molar-refractivity contribution in [3.8, 4) is 0 Å². The number of hydrogen-bond donors (Lipinski definition) is 2. The maximum absolute atomic E-state index is 13.2. The second kappa shape index (κ2) is 10.7. The van der Waals surface area contributed by atoms with Gasteiger partial charge in [-0.2, -0.15) is 0 Å². The molecule has 3 aromatic rings. The van der Waals surface area contributed by atoms with Crippen molar-refractivity contribution in [3.63, 3.8) is 0 Å². The Kier molecular flexibility index (Phi) is 7.78. The lowest BCUT2D eigenvalue weighted by atomic mass is 10.2. The number of thiazole rings is 1. The average molecular weight is 437 g/mol. The number of carbonyl (C=O) groups is 2. The summed E-state index contributed by atoms with van der Waals surface area (Å²) in [6.45, 7) is 6.61. The molecule has 2 amide bonds. The number of aromatic nitrogens is 1. The van der Waals surface area contributed by atoms with Crippen LogP contribution < -0.4 is 10.6 Å². The summed E-state index contributed by atoms with van der Waals surface area (Å²) in [6.07, 6.45) is 0.245. The van der Waals surface area contributed by atoms with Gasteiger partial charge in [0.05, 0.1) is 0 Å². The molecule has 0 bridgehead atoms. The van der Waals surface area contributed by atoms with Crippen LogP contribution in [0, 0.1) is 6.92 Å². The Hall–Kier alpha value is -3.19. The van der Waals surface area contributed by atoms with Gasteiger partial charge in [-0.1, -0.05) is 42.5 Å². The highest BCUT2D eigenvalue weighted by Crippen LogP contribution is 2.23. The summed E-state index contributed by atoms with van der Waals surface area (Å²) >= 11 is 1.39. The molecule has 1 aromatic heterocycles. The lowest BCUT2D eigenvalue weighted by molar-refractivity contribution is -0.121. The Balaban J connectivity index is 1.72. The van der Waals surface area contributed by atoms with E-state index in [1.165, 1.54) is 11.3 Å². The van der Waals surface area contributed by atoms with Crippen LogP contribution in [0.4, 0.5) is 10.8 Å². The van der Waals surface area contributed by atoms with Crippen molar-refractivity contribution >= 4 is 34.0 Å². The van der Waals surface area contributed by atoms with Crippen LogP contribution in [0.15, 0.2) is 60.0 Å². The normalized spacial score (nSPS) is 10.7. The molecule has 0 aliphatic carbocycles. The van der Waals surface area contributed by atoms with E-state index < -0.39 is 0 Å². The SMILES string of the molecule is Cc1cccc(Nc2nc(C(=O)N(CCC(=O)NC(C)C)Cc3ccccc3)cs2)c1. The Morgan fingerprint density at radius 1 is 1.10 bits per heavy atom. The minimum atomic E-state index is -0.185. The first-order chi connectivity index (χ1) is 14.9. The first-order valence-corrected chi connectivity index (χ1v) is 11.2. The summed E-state index contributed by atoms with van der Waals surface area (Å²) in [7, 11) is 0. The summed E-state index contributed by atoms with van der Waals surface area (Å²) in [5.41, 5.74) is 3.46. The Labute approximate surface area is 187 Å². The molecule has 31 heavy (non-hydrogen) atoms. The number of rotatable bonds is 9. The fourth-order valence-corrected chi connectivity index (χ4v) is 3.83. The van der Waals surface area contributed by atoms with Crippen LogP contribution in [0.25, 0.3) is 0 Å². The van der Waals surface area contributed by atoms with Crippen molar-refractivity contribution in [3.05, 3.63) is 76.8 Å². The Morgan fingerprint density at radius 3 is 2.58 bits per heavy atom. The van der Waals surface area contributed by atoms with Gasteiger partial charge < -0.3 is 15.5 Å². The molecule has 7 heteroatoms. The lowest BCUT2D eigenvalue weighted by Gasteiger charge is -2.22. The zero-order valence-corrected chi connectivity index (χ0v) is 18.9. The quantitative estimate of drug-likeness (QED) is 0.508. The van der Waals surface area contributed by atoms with Gasteiger partial charge in [-0.25, -0.2) is 4.98 Å².